The first-order valence-corrected chi connectivity index (χ1v) is 6.28. The minimum absolute atomic E-state index is 0.0639. The molecule has 1 aromatic rings. The third kappa shape index (κ3) is 6.53. The predicted octanol–water partition coefficient (Wildman–Crippen LogP) is 1.78. The summed E-state index contributed by atoms with van der Waals surface area (Å²) in [7, 11) is 0. The Labute approximate surface area is 117 Å². The topological polar surface area (TPSA) is 81.7 Å². The zero-order chi connectivity index (χ0) is 14.8. The number of hydrogen-bond acceptors (Lipinski definition) is 5. The monoisotopic (exact) mass is 279 g/mol. The lowest BCUT2D eigenvalue weighted by atomic mass is 10.2. The molecule has 0 aliphatic carbocycles. The van der Waals surface area contributed by atoms with Gasteiger partial charge in [0.2, 0.25) is 5.91 Å². The quantitative estimate of drug-likeness (QED) is 0.803. The Balaban J connectivity index is 2.21. The zero-order valence-corrected chi connectivity index (χ0v) is 11.3. The van der Waals surface area contributed by atoms with E-state index in [1.807, 2.05) is 23.5 Å². The highest BCUT2D eigenvalue weighted by Crippen LogP contribution is 2.00. The summed E-state index contributed by atoms with van der Waals surface area (Å²) in [6.45, 7) is 2.02. The Morgan fingerprint density at radius 3 is 2.40 bits per heavy atom. The van der Waals surface area contributed by atoms with E-state index in [1.54, 1.807) is 19.1 Å². The van der Waals surface area contributed by atoms with Gasteiger partial charge >= 0.3 is 12.1 Å². The first kappa shape index (κ1) is 15.7. The van der Waals surface area contributed by atoms with Crippen LogP contribution in [0.15, 0.2) is 30.3 Å². The summed E-state index contributed by atoms with van der Waals surface area (Å²) in [4.78, 5) is 33.7. The third-order valence-electron chi connectivity index (χ3n) is 2.32. The second kappa shape index (κ2) is 8.68. The molecule has 0 heterocycles. The van der Waals surface area contributed by atoms with Crippen LogP contribution in [0.25, 0.3) is 0 Å². The van der Waals surface area contributed by atoms with E-state index in [1.165, 1.54) is 0 Å². The molecule has 0 spiro atoms. The van der Waals surface area contributed by atoms with Gasteiger partial charge in [-0.25, -0.2) is 4.79 Å². The molecule has 0 unspecified atom stereocenters. The molecule has 0 aliphatic heterocycles. The Morgan fingerprint density at radius 1 is 1.05 bits per heavy atom. The fourth-order valence-electron chi connectivity index (χ4n) is 1.38. The van der Waals surface area contributed by atoms with Gasteiger partial charge in [0, 0.05) is 6.42 Å². The number of benzene rings is 1. The van der Waals surface area contributed by atoms with Crippen LogP contribution < -0.4 is 5.32 Å². The molecule has 6 nitrogen and oxygen atoms in total. The summed E-state index contributed by atoms with van der Waals surface area (Å²) in [6, 6.07) is 9.09. The molecule has 0 saturated carbocycles. The molecule has 6 heteroatoms. The van der Waals surface area contributed by atoms with Crippen LogP contribution in [0.4, 0.5) is 4.79 Å². The molecule has 0 radical (unpaired) electrons. The lowest BCUT2D eigenvalue weighted by Crippen LogP contribution is -2.31. The van der Waals surface area contributed by atoms with Crippen LogP contribution in [0.2, 0.25) is 0 Å². The summed E-state index contributed by atoms with van der Waals surface area (Å²) in [6.07, 6.45) is -1.01. The number of imide groups is 1. The number of esters is 1. The van der Waals surface area contributed by atoms with Crippen LogP contribution in [0.5, 0.6) is 0 Å². The number of carbonyl (C=O) groups excluding carboxylic acids is 3. The van der Waals surface area contributed by atoms with Gasteiger partial charge in [0.25, 0.3) is 0 Å². The van der Waals surface area contributed by atoms with Crippen molar-refractivity contribution in [2.75, 3.05) is 6.61 Å². The molecule has 1 N–H and O–H groups in total. The molecule has 0 saturated heterocycles. The summed E-state index contributed by atoms with van der Waals surface area (Å²) in [5.41, 5.74) is 0.821. The largest absolute Gasteiger partial charge is 0.466 e. The first-order valence-electron chi connectivity index (χ1n) is 6.28. The Bertz CT molecular complexity index is 458. The molecule has 0 aliphatic rings. The summed E-state index contributed by atoms with van der Waals surface area (Å²) >= 11 is 0. The van der Waals surface area contributed by atoms with E-state index in [-0.39, 0.29) is 26.1 Å². The lowest BCUT2D eigenvalue weighted by molar-refractivity contribution is -0.144. The normalized spacial score (nSPS) is 9.65. The molecule has 0 atom stereocenters. The van der Waals surface area contributed by atoms with E-state index in [0.717, 1.165) is 5.56 Å². The van der Waals surface area contributed by atoms with E-state index >= 15 is 0 Å². The molecule has 1 aromatic carbocycles. The number of rotatable bonds is 6. The SMILES string of the molecule is CCOC(=O)CCC(=O)NC(=O)OCc1ccccc1. The van der Waals surface area contributed by atoms with E-state index < -0.39 is 18.0 Å². The Hall–Kier alpha value is -2.37. The van der Waals surface area contributed by atoms with Crippen molar-refractivity contribution < 1.29 is 23.9 Å². The zero-order valence-electron chi connectivity index (χ0n) is 11.3. The minimum Gasteiger partial charge on any atom is -0.466 e. The smallest absolute Gasteiger partial charge is 0.414 e. The van der Waals surface area contributed by atoms with Gasteiger partial charge in [-0.3, -0.25) is 14.9 Å². The fourth-order valence-corrected chi connectivity index (χ4v) is 1.38. The van der Waals surface area contributed by atoms with Crippen molar-refractivity contribution in [3.63, 3.8) is 0 Å². The van der Waals surface area contributed by atoms with Gasteiger partial charge in [0.05, 0.1) is 13.0 Å². The molecule has 0 fully saturated rings. The first-order chi connectivity index (χ1) is 9.61. The Kier molecular flexibility index (Phi) is 6.81. The lowest BCUT2D eigenvalue weighted by Gasteiger charge is -2.06. The van der Waals surface area contributed by atoms with Gasteiger partial charge in [-0.1, -0.05) is 30.3 Å². The highest BCUT2D eigenvalue weighted by atomic mass is 16.5. The van der Waals surface area contributed by atoms with E-state index in [2.05, 4.69) is 4.74 Å². The van der Waals surface area contributed by atoms with Crippen molar-refractivity contribution >= 4 is 18.0 Å². The fraction of sp³-hybridized carbons (Fsp3) is 0.357. The van der Waals surface area contributed by atoms with Gasteiger partial charge in [-0.05, 0) is 12.5 Å². The van der Waals surface area contributed by atoms with Gasteiger partial charge in [0.1, 0.15) is 6.61 Å². The summed E-state index contributed by atoms with van der Waals surface area (Å²) < 4.78 is 9.53. The highest BCUT2D eigenvalue weighted by molar-refractivity contribution is 5.93. The van der Waals surface area contributed by atoms with Crippen LogP contribution in [0.3, 0.4) is 0 Å². The minimum atomic E-state index is -0.831. The number of nitrogens with one attached hydrogen (secondary N) is 1. The maximum absolute atomic E-state index is 11.4. The van der Waals surface area contributed by atoms with Crippen molar-refractivity contribution in [2.45, 2.75) is 26.4 Å². The molecular weight excluding hydrogens is 262 g/mol. The van der Waals surface area contributed by atoms with Crippen LogP contribution in [0.1, 0.15) is 25.3 Å². The van der Waals surface area contributed by atoms with Gasteiger partial charge in [0.15, 0.2) is 0 Å². The highest BCUT2D eigenvalue weighted by Gasteiger charge is 2.11. The standard InChI is InChI=1S/C14H17NO5/c1-2-19-13(17)9-8-12(16)15-14(18)20-10-11-6-4-3-5-7-11/h3-7H,2,8-10H2,1H3,(H,15,16,18). The van der Waals surface area contributed by atoms with Crippen molar-refractivity contribution in [3.05, 3.63) is 35.9 Å². The van der Waals surface area contributed by atoms with Crippen LogP contribution in [-0.4, -0.2) is 24.6 Å². The second-order valence-corrected chi connectivity index (χ2v) is 3.91. The molecular formula is C14H17NO5. The molecule has 1 rings (SSSR count). The van der Waals surface area contributed by atoms with Crippen molar-refractivity contribution in [3.8, 4) is 0 Å². The third-order valence-corrected chi connectivity index (χ3v) is 2.32. The molecule has 20 heavy (non-hydrogen) atoms. The average Bonchev–Trinajstić information content (AvgIpc) is 2.44. The number of hydrogen-bond donors (Lipinski definition) is 1. The molecule has 0 bridgehead atoms. The number of carbonyl (C=O) groups is 3. The van der Waals surface area contributed by atoms with E-state index in [9.17, 15) is 14.4 Å². The van der Waals surface area contributed by atoms with Gasteiger partial charge in [-0.15, -0.1) is 0 Å². The maximum atomic E-state index is 11.4. The van der Waals surface area contributed by atoms with Crippen LogP contribution in [0, 0.1) is 0 Å². The van der Waals surface area contributed by atoms with Crippen molar-refractivity contribution in [1.82, 2.24) is 5.32 Å². The second-order valence-electron chi connectivity index (χ2n) is 3.91. The average molecular weight is 279 g/mol. The summed E-state index contributed by atoms with van der Waals surface area (Å²) in [5.74, 6) is -1.04. The van der Waals surface area contributed by atoms with Gasteiger partial charge < -0.3 is 9.47 Å². The Morgan fingerprint density at radius 2 is 1.75 bits per heavy atom. The maximum Gasteiger partial charge on any atom is 0.414 e. The van der Waals surface area contributed by atoms with Crippen molar-refractivity contribution in [1.29, 1.82) is 0 Å². The number of amides is 2. The molecule has 2 amide bonds. The molecule has 0 aromatic heterocycles. The van der Waals surface area contributed by atoms with Crippen LogP contribution in [-0.2, 0) is 25.7 Å². The van der Waals surface area contributed by atoms with Gasteiger partial charge in [-0.2, -0.15) is 0 Å². The number of ether oxygens (including phenoxy) is 2. The predicted molar refractivity (Wildman–Crippen MR) is 70.6 cm³/mol. The van der Waals surface area contributed by atoms with Crippen molar-refractivity contribution in [2.24, 2.45) is 0 Å². The van der Waals surface area contributed by atoms with E-state index in [4.69, 9.17) is 4.74 Å². The van der Waals surface area contributed by atoms with E-state index in [0.29, 0.717) is 0 Å². The summed E-state index contributed by atoms with van der Waals surface area (Å²) in [5, 5.41) is 2.04. The number of alkyl carbamates (subject to hydrolysis) is 1. The molecule has 108 valence electrons. The van der Waals surface area contributed by atoms with Crippen LogP contribution >= 0.6 is 0 Å².